The maximum absolute atomic E-state index is 2.36. The summed E-state index contributed by atoms with van der Waals surface area (Å²) in [5, 5.41) is 7.96. The number of hydrogen-bond donors (Lipinski definition) is 0. The maximum atomic E-state index is 2.36. The summed E-state index contributed by atoms with van der Waals surface area (Å²) >= 11 is 1.90. The van der Waals surface area contributed by atoms with E-state index in [4.69, 9.17) is 0 Å². The highest BCUT2D eigenvalue weighted by Crippen LogP contribution is 2.43. The molecule has 1 heterocycles. The van der Waals surface area contributed by atoms with Crippen molar-refractivity contribution in [2.75, 3.05) is 0 Å². The molecule has 0 nitrogen and oxygen atoms in total. The molecule has 0 aliphatic rings. The first-order chi connectivity index (χ1) is 13.4. The van der Waals surface area contributed by atoms with Crippen LogP contribution in [0.3, 0.4) is 0 Å². The number of benzene rings is 5. The Labute approximate surface area is 161 Å². The van der Waals surface area contributed by atoms with Crippen molar-refractivity contribution in [2.45, 2.75) is 0 Å². The largest absolute Gasteiger partial charge is 0.135 e. The van der Waals surface area contributed by atoms with Crippen LogP contribution in [0.4, 0.5) is 0 Å². The Morgan fingerprint density at radius 2 is 1.11 bits per heavy atom. The highest BCUT2D eigenvalue weighted by atomic mass is 32.1. The maximum Gasteiger partial charge on any atom is 0.0434 e. The minimum atomic E-state index is 1.30. The van der Waals surface area contributed by atoms with Gasteiger partial charge in [0.15, 0.2) is 0 Å². The van der Waals surface area contributed by atoms with Gasteiger partial charge in [0.1, 0.15) is 0 Å². The molecule has 6 rings (SSSR count). The Morgan fingerprint density at radius 3 is 2.00 bits per heavy atom. The second kappa shape index (κ2) is 5.67. The molecule has 6 aromatic rings. The van der Waals surface area contributed by atoms with Crippen molar-refractivity contribution in [3.05, 3.63) is 97.1 Å². The van der Waals surface area contributed by atoms with Crippen LogP contribution < -0.4 is 0 Å². The third-order valence-corrected chi connectivity index (χ3v) is 6.68. The van der Waals surface area contributed by atoms with Crippen LogP contribution in [0.15, 0.2) is 97.1 Å². The highest BCUT2D eigenvalue weighted by Gasteiger charge is 2.13. The first-order valence-electron chi connectivity index (χ1n) is 9.21. The van der Waals surface area contributed by atoms with Gasteiger partial charge < -0.3 is 0 Å². The van der Waals surface area contributed by atoms with Gasteiger partial charge in [0.2, 0.25) is 0 Å². The molecular formula is C26H16S. The van der Waals surface area contributed by atoms with Crippen LogP contribution in [-0.2, 0) is 0 Å². The summed E-state index contributed by atoms with van der Waals surface area (Å²) < 4.78 is 2.73. The van der Waals surface area contributed by atoms with Crippen LogP contribution in [0.2, 0.25) is 0 Å². The molecule has 0 saturated heterocycles. The van der Waals surface area contributed by atoms with Gasteiger partial charge in [0.05, 0.1) is 0 Å². The highest BCUT2D eigenvalue weighted by molar-refractivity contribution is 7.26. The van der Waals surface area contributed by atoms with Crippen LogP contribution in [0.1, 0.15) is 0 Å². The topological polar surface area (TPSA) is 0 Å². The fraction of sp³-hybridized carbons (Fsp3) is 0. The average Bonchev–Trinajstić information content (AvgIpc) is 3.12. The van der Waals surface area contributed by atoms with E-state index < -0.39 is 0 Å². The Bertz CT molecular complexity index is 1470. The van der Waals surface area contributed by atoms with E-state index in [1.54, 1.807) is 0 Å². The number of thiophene rings is 1. The van der Waals surface area contributed by atoms with Gasteiger partial charge in [-0.05, 0) is 39.2 Å². The van der Waals surface area contributed by atoms with Crippen molar-refractivity contribution in [3.8, 4) is 11.1 Å². The third kappa shape index (κ3) is 2.16. The van der Waals surface area contributed by atoms with E-state index in [2.05, 4.69) is 97.1 Å². The van der Waals surface area contributed by atoms with Crippen LogP contribution in [0.25, 0.3) is 52.8 Å². The summed E-state index contributed by atoms with van der Waals surface area (Å²) in [7, 11) is 0. The van der Waals surface area contributed by atoms with Crippen molar-refractivity contribution in [1.82, 2.24) is 0 Å². The summed E-state index contributed by atoms with van der Waals surface area (Å²) in [5.74, 6) is 0. The molecule has 0 bridgehead atoms. The normalized spacial score (nSPS) is 11.7. The van der Waals surface area contributed by atoms with Gasteiger partial charge in [-0.1, -0.05) is 84.9 Å². The Hall–Kier alpha value is -3.16. The monoisotopic (exact) mass is 360 g/mol. The van der Waals surface area contributed by atoms with Crippen LogP contribution in [0.5, 0.6) is 0 Å². The van der Waals surface area contributed by atoms with Crippen molar-refractivity contribution in [2.24, 2.45) is 0 Å². The van der Waals surface area contributed by atoms with E-state index >= 15 is 0 Å². The van der Waals surface area contributed by atoms with Crippen LogP contribution >= 0.6 is 11.3 Å². The Morgan fingerprint density at radius 1 is 0.444 bits per heavy atom. The fourth-order valence-corrected chi connectivity index (χ4v) is 5.47. The third-order valence-electron chi connectivity index (χ3n) is 5.46. The average molecular weight is 360 g/mol. The quantitative estimate of drug-likeness (QED) is 0.260. The first-order valence-corrected chi connectivity index (χ1v) is 10.0. The summed E-state index contributed by atoms with van der Waals surface area (Å²) in [6.07, 6.45) is 0. The molecule has 0 saturated carbocycles. The number of fused-ring (bicyclic) bond motifs is 6. The molecule has 27 heavy (non-hydrogen) atoms. The van der Waals surface area contributed by atoms with Gasteiger partial charge >= 0.3 is 0 Å². The lowest BCUT2D eigenvalue weighted by Gasteiger charge is -2.12. The van der Waals surface area contributed by atoms with Crippen LogP contribution in [-0.4, -0.2) is 0 Å². The molecule has 0 atom stereocenters. The van der Waals surface area contributed by atoms with Crippen molar-refractivity contribution >= 4 is 53.1 Å². The molecule has 0 N–H and O–H groups in total. The zero-order valence-electron chi connectivity index (χ0n) is 14.6. The predicted molar refractivity (Wildman–Crippen MR) is 120 cm³/mol. The Balaban J connectivity index is 1.80. The second-order valence-electron chi connectivity index (χ2n) is 6.97. The molecule has 0 radical (unpaired) electrons. The minimum absolute atomic E-state index is 1.30. The predicted octanol–water partition coefficient (Wildman–Crippen LogP) is 8.03. The smallest absolute Gasteiger partial charge is 0.0434 e. The number of hydrogen-bond acceptors (Lipinski definition) is 1. The molecule has 1 heteroatoms. The van der Waals surface area contributed by atoms with E-state index in [1.807, 2.05) is 11.3 Å². The fourth-order valence-electron chi connectivity index (χ4n) is 4.24. The number of rotatable bonds is 1. The van der Waals surface area contributed by atoms with Crippen molar-refractivity contribution in [3.63, 3.8) is 0 Å². The van der Waals surface area contributed by atoms with E-state index in [1.165, 1.54) is 52.8 Å². The van der Waals surface area contributed by atoms with Crippen molar-refractivity contribution < 1.29 is 0 Å². The van der Waals surface area contributed by atoms with Gasteiger partial charge in [0, 0.05) is 25.7 Å². The summed E-state index contributed by atoms with van der Waals surface area (Å²) in [6, 6.07) is 35.3. The minimum Gasteiger partial charge on any atom is -0.135 e. The molecule has 0 amide bonds. The summed E-state index contributed by atoms with van der Waals surface area (Å²) in [5.41, 5.74) is 2.65. The van der Waals surface area contributed by atoms with Gasteiger partial charge in [-0.2, -0.15) is 0 Å². The lowest BCUT2D eigenvalue weighted by molar-refractivity contribution is 1.73. The van der Waals surface area contributed by atoms with E-state index in [9.17, 15) is 0 Å². The molecule has 0 fully saturated rings. The van der Waals surface area contributed by atoms with Gasteiger partial charge in [0.25, 0.3) is 0 Å². The summed E-state index contributed by atoms with van der Waals surface area (Å²) in [6.45, 7) is 0. The molecule has 126 valence electrons. The molecule has 0 aliphatic heterocycles. The first kappa shape index (κ1) is 15.0. The second-order valence-corrected chi connectivity index (χ2v) is 8.02. The van der Waals surface area contributed by atoms with E-state index in [0.717, 1.165) is 0 Å². The molecular weight excluding hydrogens is 344 g/mol. The van der Waals surface area contributed by atoms with Crippen LogP contribution in [0, 0.1) is 0 Å². The van der Waals surface area contributed by atoms with E-state index in [0.29, 0.717) is 0 Å². The molecule has 1 aromatic heterocycles. The standard InChI is InChI=1S/C26H16S/c1-2-9-18-17(8-1)16-24(20-11-4-3-10-19(18)20)23-14-7-13-22-21-12-5-6-15-25(21)27-26(22)23/h1-16H. The molecule has 0 aliphatic carbocycles. The van der Waals surface area contributed by atoms with Gasteiger partial charge in [-0.25, -0.2) is 0 Å². The van der Waals surface area contributed by atoms with Crippen molar-refractivity contribution in [1.29, 1.82) is 0 Å². The molecule has 0 spiro atoms. The van der Waals surface area contributed by atoms with Gasteiger partial charge in [-0.3, -0.25) is 0 Å². The zero-order chi connectivity index (χ0) is 17.8. The molecule has 0 unspecified atom stereocenters. The SMILES string of the molecule is c1ccc2c(c1)cc(-c1cccc3c1sc1ccccc13)c1ccccc12. The summed E-state index contributed by atoms with van der Waals surface area (Å²) in [4.78, 5) is 0. The Kier molecular flexibility index (Phi) is 3.14. The lowest BCUT2D eigenvalue weighted by Crippen LogP contribution is -1.84. The van der Waals surface area contributed by atoms with E-state index in [-0.39, 0.29) is 0 Å². The van der Waals surface area contributed by atoms with Gasteiger partial charge in [-0.15, -0.1) is 11.3 Å². The molecule has 5 aromatic carbocycles. The zero-order valence-corrected chi connectivity index (χ0v) is 15.5. The lowest BCUT2D eigenvalue weighted by atomic mass is 9.93.